The van der Waals surface area contributed by atoms with Crippen molar-refractivity contribution < 1.29 is 0 Å². The second-order valence-corrected chi connectivity index (χ2v) is 21.3. The van der Waals surface area contributed by atoms with E-state index in [9.17, 15) is 0 Å². The first-order valence-corrected chi connectivity index (χ1v) is 27.7. The van der Waals surface area contributed by atoms with E-state index in [1.165, 1.54) is 73.2 Å². The van der Waals surface area contributed by atoms with Crippen LogP contribution in [0.5, 0.6) is 0 Å². The van der Waals surface area contributed by atoms with Crippen LogP contribution in [0.2, 0.25) is 0 Å². The summed E-state index contributed by atoms with van der Waals surface area (Å²) in [5.74, 6) is 0.763. The zero-order valence-corrected chi connectivity index (χ0v) is 45.8. The Balaban J connectivity index is 0.000000372. The Morgan fingerprint density at radius 2 is 1.13 bits per heavy atom. The summed E-state index contributed by atoms with van der Waals surface area (Å²) >= 11 is 0. The molecule has 2 nitrogen and oxygen atoms in total. The minimum Gasteiger partial charge on any atom is -0.311 e. The van der Waals surface area contributed by atoms with Gasteiger partial charge in [0, 0.05) is 33.8 Å². The smallest absolute Gasteiger partial charge is 0.0781 e. The van der Waals surface area contributed by atoms with E-state index in [0.717, 1.165) is 81.5 Å². The number of fused-ring (bicyclic) bond motifs is 9. The lowest BCUT2D eigenvalue weighted by molar-refractivity contribution is 0.731. The lowest BCUT2D eigenvalue weighted by atomic mass is 9.69. The van der Waals surface area contributed by atoms with Gasteiger partial charge in [-0.2, -0.15) is 0 Å². The number of hydrogen-bond acceptors (Lipinski definition) is 2. The molecule has 0 heterocycles. The minimum atomic E-state index is -0.328. The largest absolute Gasteiger partial charge is 0.311 e. The molecule has 0 N–H and O–H groups in total. The zero-order valence-electron chi connectivity index (χ0n) is 45.8. The van der Waals surface area contributed by atoms with E-state index in [2.05, 4.69) is 276 Å². The van der Waals surface area contributed by atoms with Crippen molar-refractivity contribution in [3.8, 4) is 11.1 Å². The van der Waals surface area contributed by atoms with Crippen molar-refractivity contribution in [3.63, 3.8) is 0 Å². The molecular formula is C76H68N2. The second kappa shape index (κ2) is 22.8. The highest BCUT2D eigenvalue weighted by atomic mass is 15.1. The van der Waals surface area contributed by atoms with E-state index >= 15 is 0 Å². The van der Waals surface area contributed by atoms with Crippen molar-refractivity contribution in [1.29, 1.82) is 0 Å². The number of anilines is 3. The number of allylic oxidation sites excluding steroid dienone is 14. The Morgan fingerprint density at radius 3 is 1.78 bits per heavy atom. The molecule has 0 aromatic heterocycles. The lowest BCUT2D eigenvalue weighted by Gasteiger charge is -2.32. The highest BCUT2D eigenvalue weighted by Gasteiger charge is 2.52. The van der Waals surface area contributed by atoms with Crippen LogP contribution in [-0.2, 0) is 5.41 Å². The Hall–Kier alpha value is -8.85. The van der Waals surface area contributed by atoms with E-state index in [1.807, 2.05) is 18.2 Å². The van der Waals surface area contributed by atoms with Gasteiger partial charge in [0.25, 0.3) is 0 Å². The van der Waals surface area contributed by atoms with Gasteiger partial charge in [0.2, 0.25) is 0 Å². The first kappa shape index (κ1) is 51.3. The van der Waals surface area contributed by atoms with Crippen molar-refractivity contribution in [2.75, 3.05) is 4.90 Å². The summed E-state index contributed by atoms with van der Waals surface area (Å²) in [6.07, 6.45) is 22.5. The van der Waals surface area contributed by atoms with E-state index < -0.39 is 0 Å². The van der Waals surface area contributed by atoms with Crippen molar-refractivity contribution in [1.82, 2.24) is 0 Å². The molecule has 1 spiro atoms. The van der Waals surface area contributed by atoms with Gasteiger partial charge in [-0.1, -0.05) is 243 Å². The van der Waals surface area contributed by atoms with Crippen LogP contribution in [0.15, 0.2) is 289 Å². The summed E-state index contributed by atoms with van der Waals surface area (Å²) in [6, 6.07) is 74.2. The SMILES string of the molecule is C=C(C(=NC1=C(C)C=CCC=C1c1ccc2c(c1)-c1ccccc1C21C2=C(CCC=C2)c2ccccc21)c1ccccc1)c1ccc(N(c2ccccc2)c2ccc(C)cc2)cc1.CC1=CCC(C)C=C1.Cc1ccccc1. The number of nitrogens with zero attached hydrogens (tertiary/aromatic N) is 2. The van der Waals surface area contributed by atoms with Gasteiger partial charge < -0.3 is 4.90 Å². The molecule has 0 bridgehead atoms. The monoisotopic (exact) mass is 1010 g/mol. The van der Waals surface area contributed by atoms with Crippen LogP contribution in [0.3, 0.4) is 0 Å². The Bertz CT molecular complexity index is 3760. The van der Waals surface area contributed by atoms with Crippen molar-refractivity contribution in [3.05, 3.63) is 334 Å². The van der Waals surface area contributed by atoms with Crippen LogP contribution >= 0.6 is 0 Å². The molecule has 0 radical (unpaired) electrons. The molecule has 8 aromatic carbocycles. The summed E-state index contributed by atoms with van der Waals surface area (Å²) in [6.45, 7) is 15.5. The molecule has 2 heteroatoms. The third kappa shape index (κ3) is 10.1. The first-order chi connectivity index (χ1) is 38.2. The van der Waals surface area contributed by atoms with Crippen molar-refractivity contribution in [2.24, 2.45) is 10.9 Å². The number of rotatable bonds is 8. The highest BCUT2D eigenvalue weighted by Crippen LogP contribution is 2.63. The fourth-order valence-corrected chi connectivity index (χ4v) is 11.8. The normalized spacial score (nSPS) is 17.6. The Morgan fingerprint density at radius 1 is 0.538 bits per heavy atom. The zero-order chi connectivity index (χ0) is 53.6. The maximum absolute atomic E-state index is 5.68. The fraction of sp³-hybridized carbons (Fsp3) is 0.145. The number of aliphatic imine (C=N–C) groups is 1. The molecule has 382 valence electrons. The maximum Gasteiger partial charge on any atom is 0.0781 e. The standard InChI is InChI=1S/C61H48N2.C8H12.C7H8/c1-41-30-35-48(36-31-41)63(47-21-8-5-9-22-47)49-37-32-44(33-38-49)43(3)60(45-19-6-4-7-20-45)62-59-42(2)18-10-11-23-50(59)46-34-39-58-54(40-46)53-26-14-17-29-57(53)61(58)55-27-15-12-24-51(55)52-25-13-16-28-56(52)61;1-7-3-5-8(2)6-4-7;1-7-5-3-2-4-6-7/h4-10,12,14-24,26-40H,3,11,13,25H2,1-2H3;3-5,8H,6H2,1-2H3;2-6H,1H3. The Labute approximate surface area is 463 Å². The highest BCUT2D eigenvalue weighted by molar-refractivity contribution is 6.32. The van der Waals surface area contributed by atoms with Gasteiger partial charge in [-0.15, -0.1) is 0 Å². The van der Waals surface area contributed by atoms with Gasteiger partial charge in [0.15, 0.2) is 0 Å². The summed E-state index contributed by atoms with van der Waals surface area (Å²) < 4.78 is 0. The van der Waals surface area contributed by atoms with Gasteiger partial charge >= 0.3 is 0 Å². The molecular weight excluding hydrogens is 941 g/mol. The molecule has 0 saturated heterocycles. The third-order valence-corrected chi connectivity index (χ3v) is 15.8. The molecule has 0 saturated carbocycles. The molecule has 2 unspecified atom stereocenters. The predicted molar refractivity (Wildman–Crippen MR) is 334 cm³/mol. The van der Waals surface area contributed by atoms with E-state index in [-0.39, 0.29) is 5.41 Å². The number of para-hydroxylation sites is 1. The predicted octanol–water partition coefficient (Wildman–Crippen LogP) is 20.2. The van der Waals surface area contributed by atoms with Gasteiger partial charge in [0.05, 0.1) is 16.8 Å². The van der Waals surface area contributed by atoms with E-state index in [4.69, 9.17) is 11.6 Å². The van der Waals surface area contributed by atoms with E-state index in [1.54, 1.807) is 0 Å². The molecule has 13 rings (SSSR count). The number of hydrogen-bond donors (Lipinski definition) is 0. The average molecular weight is 1010 g/mol. The molecule has 8 aromatic rings. The molecule has 0 aliphatic heterocycles. The molecule has 0 amide bonds. The van der Waals surface area contributed by atoms with E-state index in [0.29, 0.717) is 0 Å². The third-order valence-electron chi connectivity index (χ3n) is 15.8. The van der Waals surface area contributed by atoms with Crippen LogP contribution in [0.25, 0.3) is 27.8 Å². The van der Waals surface area contributed by atoms with Crippen LogP contribution < -0.4 is 4.90 Å². The maximum atomic E-state index is 5.68. The first-order valence-electron chi connectivity index (χ1n) is 27.7. The summed E-state index contributed by atoms with van der Waals surface area (Å²) in [4.78, 5) is 7.98. The lowest BCUT2D eigenvalue weighted by Crippen LogP contribution is -2.27. The van der Waals surface area contributed by atoms with Gasteiger partial charge in [0.1, 0.15) is 0 Å². The molecule has 2 atom stereocenters. The van der Waals surface area contributed by atoms with Gasteiger partial charge in [-0.3, -0.25) is 0 Å². The quantitative estimate of drug-likeness (QED) is 0.139. The minimum absolute atomic E-state index is 0.328. The molecule has 5 aliphatic carbocycles. The van der Waals surface area contributed by atoms with Crippen LogP contribution in [0, 0.1) is 19.8 Å². The van der Waals surface area contributed by atoms with Crippen molar-refractivity contribution >= 4 is 39.5 Å². The average Bonchev–Trinajstić information content (AvgIpc) is 3.99. The Kier molecular flexibility index (Phi) is 15.0. The van der Waals surface area contributed by atoms with Crippen LogP contribution in [0.1, 0.15) is 96.5 Å². The number of aryl methyl sites for hydroxylation is 2. The number of benzene rings is 8. The molecule has 0 fully saturated rings. The molecule has 78 heavy (non-hydrogen) atoms. The fourth-order valence-electron chi connectivity index (χ4n) is 11.8. The summed E-state index contributed by atoms with van der Waals surface area (Å²) in [7, 11) is 0. The summed E-state index contributed by atoms with van der Waals surface area (Å²) in [5, 5.41) is 0. The van der Waals surface area contributed by atoms with Crippen molar-refractivity contribution in [2.45, 2.75) is 65.7 Å². The second-order valence-electron chi connectivity index (χ2n) is 21.3. The van der Waals surface area contributed by atoms with Crippen LogP contribution in [-0.4, -0.2) is 5.71 Å². The summed E-state index contributed by atoms with van der Waals surface area (Å²) in [5.41, 5.74) is 26.2. The van der Waals surface area contributed by atoms with Gasteiger partial charge in [-0.25, -0.2) is 4.99 Å². The molecule has 5 aliphatic rings. The van der Waals surface area contributed by atoms with Gasteiger partial charge in [-0.05, 0) is 163 Å². The van der Waals surface area contributed by atoms with Crippen LogP contribution in [0.4, 0.5) is 17.1 Å². The topological polar surface area (TPSA) is 15.6 Å².